The number of ether oxygens (including phenoxy) is 1. The summed E-state index contributed by atoms with van der Waals surface area (Å²) in [6, 6.07) is 5.51. The highest BCUT2D eigenvalue weighted by molar-refractivity contribution is 5.75. The van der Waals surface area contributed by atoms with Gasteiger partial charge in [-0.15, -0.1) is 0 Å². The molecule has 5 nitrogen and oxygen atoms in total. The topological polar surface area (TPSA) is 70.0 Å². The Hall–Kier alpha value is -1.75. The van der Waals surface area contributed by atoms with E-state index in [-0.39, 0.29) is 35.3 Å². The van der Waals surface area contributed by atoms with E-state index in [1.165, 1.54) is 13.2 Å². The fraction of sp³-hybridized carbons (Fsp3) is 0.562. The molecule has 3 rings (SSSR count). The van der Waals surface area contributed by atoms with E-state index in [0.717, 1.165) is 24.8 Å². The number of carbonyl (C=O) groups excluding carboxylic acids is 1. The number of methoxy groups -OCH3 is 1. The number of fused-ring (bicyclic) bond motifs is 2. The van der Waals surface area contributed by atoms with Crippen molar-refractivity contribution in [1.29, 1.82) is 0 Å². The predicted molar refractivity (Wildman–Crippen MR) is 77.2 cm³/mol. The molecule has 0 aliphatic carbocycles. The van der Waals surface area contributed by atoms with Gasteiger partial charge in [-0.2, -0.15) is 0 Å². The zero-order valence-corrected chi connectivity index (χ0v) is 12.3. The van der Waals surface area contributed by atoms with Crippen LogP contribution in [0.1, 0.15) is 30.7 Å². The van der Waals surface area contributed by atoms with Crippen LogP contribution in [0.4, 0.5) is 0 Å². The van der Waals surface area contributed by atoms with Gasteiger partial charge in [-0.05, 0) is 44.0 Å². The van der Waals surface area contributed by atoms with Crippen LogP contribution >= 0.6 is 0 Å². The van der Waals surface area contributed by atoms with Gasteiger partial charge in [0.15, 0.2) is 11.5 Å². The van der Waals surface area contributed by atoms with Crippen LogP contribution in [0.5, 0.6) is 11.5 Å². The summed E-state index contributed by atoms with van der Waals surface area (Å²) in [7, 11) is 3.50. The molecule has 0 spiro atoms. The molecule has 0 amide bonds. The summed E-state index contributed by atoms with van der Waals surface area (Å²) in [5, 5.41) is 19.2. The van der Waals surface area contributed by atoms with Crippen molar-refractivity contribution < 1.29 is 19.7 Å². The Bertz CT molecular complexity index is 559. The van der Waals surface area contributed by atoms with Crippen LogP contribution < -0.4 is 0 Å². The minimum atomic E-state index is -0.220. The maximum Gasteiger partial charge on any atom is 0.310 e. The van der Waals surface area contributed by atoms with E-state index < -0.39 is 0 Å². The number of carbonyl (C=O) groups is 1. The van der Waals surface area contributed by atoms with Crippen LogP contribution in [-0.4, -0.2) is 47.3 Å². The van der Waals surface area contributed by atoms with E-state index in [0.29, 0.717) is 6.04 Å². The number of phenolic OH excluding ortho intramolecular Hbond substituents is 2. The predicted octanol–water partition coefficient (Wildman–Crippen LogP) is 1.84. The molecule has 2 saturated heterocycles. The number of piperidine rings is 1. The van der Waals surface area contributed by atoms with E-state index in [9.17, 15) is 15.0 Å². The average molecular weight is 291 g/mol. The van der Waals surface area contributed by atoms with Crippen molar-refractivity contribution in [3.8, 4) is 11.5 Å². The Kier molecular flexibility index (Phi) is 3.53. The van der Waals surface area contributed by atoms with Gasteiger partial charge in [0, 0.05) is 18.0 Å². The van der Waals surface area contributed by atoms with E-state index >= 15 is 0 Å². The summed E-state index contributed by atoms with van der Waals surface area (Å²) < 4.78 is 5.02. The standard InChI is InChI=1S/C16H21NO4/c1-17-10-4-5-12(17)15(16(20)21-2)11(8-10)9-3-6-13(18)14(19)7-9/h3,6-7,10-12,15,18-19H,4-5,8H2,1-2H3/t10-,11-,12+,15-/m0/s1. The van der Waals surface area contributed by atoms with Crippen molar-refractivity contribution in [2.45, 2.75) is 37.3 Å². The second kappa shape index (κ2) is 5.22. The lowest BCUT2D eigenvalue weighted by Gasteiger charge is -2.41. The molecule has 2 N–H and O–H groups in total. The Morgan fingerprint density at radius 1 is 1.29 bits per heavy atom. The molecular weight excluding hydrogens is 270 g/mol. The molecule has 2 heterocycles. The number of esters is 1. The highest BCUT2D eigenvalue weighted by atomic mass is 16.5. The number of rotatable bonds is 2. The summed E-state index contributed by atoms with van der Waals surface area (Å²) in [5.41, 5.74) is 0.894. The second-order valence-electron chi connectivity index (χ2n) is 6.10. The Morgan fingerprint density at radius 3 is 2.71 bits per heavy atom. The molecule has 0 aromatic heterocycles. The maximum absolute atomic E-state index is 12.3. The Morgan fingerprint density at radius 2 is 2.05 bits per heavy atom. The third-order valence-corrected chi connectivity index (χ3v) is 5.17. The van der Waals surface area contributed by atoms with Crippen molar-refractivity contribution >= 4 is 5.97 Å². The summed E-state index contributed by atoms with van der Waals surface area (Å²) >= 11 is 0. The first kappa shape index (κ1) is 14.2. The van der Waals surface area contributed by atoms with Gasteiger partial charge >= 0.3 is 5.97 Å². The van der Waals surface area contributed by atoms with Gasteiger partial charge in [0.05, 0.1) is 13.0 Å². The first-order valence-electron chi connectivity index (χ1n) is 7.34. The minimum Gasteiger partial charge on any atom is -0.504 e. The number of phenols is 2. The molecule has 21 heavy (non-hydrogen) atoms. The molecule has 0 saturated carbocycles. The van der Waals surface area contributed by atoms with Crippen LogP contribution in [0.3, 0.4) is 0 Å². The molecule has 5 heteroatoms. The normalized spacial score (nSPS) is 32.1. The molecule has 114 valence electrons. The quantitative estimate of drug-likeness (QED) is 0.642. The SMILES string of the molecule is COC(=O)[C@@H]1[C@H]2CC[C@@H](C[C@H]1c1ccc(O)c(O)c1)N2C. The minimum absolute atomic E-state index is 0.0256. The van der Waals surface area contributed by atoms with Gasteiger partial charge < -0.3 is 14.9 Å². The van der Waals surface area contributed by atoms with E-state index in [1.54, 1.807) is 12.1 Å². The number of benzene rings is 1. The van der Waals surface area contributed by atoms with Crippen molar-refractivity contribution in [3.05, 3.63) is 23.8 Å². The van der Waals surface area contributed by atoms with Crippen LogP contribution in [-0.2, 0) is 9.53 Å². The zero-order chi connectivity index (χ0) is 15.1. The monoisotopic (exact) mass is 291 g/mol. The summed E-state index contributed by atoms with van der Waals surface area (Å²) in [5.74, 6) is -0.656. The number of hydrogen-bond donors (Lipinski definition) is 2. The van der Waals surface area contributed by atoms with Gasteiger partial charge in [-0.25, -0.2) is 0 Å². The lowest BCUT2D eigenvalue weighted by molar-refractivity contribution is -0.150. The van der Waals surface area contributed by atoms with Gasteiger partial charge in [0.2, 0.25) is 0 Å². The Balaban J connectivity index is 1.98. The summed E-state index contributed by atoms with van der Waals surface area (Å²) in [6.07, 6.45) is 2.97. The lowest BCUT2D eigenvalue weighted by atomic mass is 9.76. The number of nitrogens with zero attached hydrogens (tertiary/aromatic N) is 1. The van der Waals surface area contributed by atoms with Crippen LogP contribution in [0.2, 0.25) is 0 Å². The molecular formula is C16H21NO4. The molecule has 2 aliphatic heterocycles. The molecule has 1 aromatic carbocycles. The fourth-order valence-electron chi connectivity index (χ4n) is 4.04. The number of hydrogen-bond acceptors (Lipinski definition) is 5. The van der Waals surface area contributed by atoms with E-state index in [2.05, 4.69) is 11.9 Å². The number of aromatic hydroxyl groups is 2. The third-order valence-electron chi connectivity index (χ3n) is 5.17. The van der Waals surface area contributed by atoms with E-state index in [1.807, 2.05) is 0 Å². The van der Waals surface area contributed by atoms with Crippen LogP contribution in [0, 0.1) is 5.92 Å². The van der Waals surface area contributed by atoms with E-state index in [4.69, 9.17) is 4.74 Å². The summed E-state index contributed by atoms with van der Waals surface area (Å²) in [4.78, 5) is 14.6. The molecule has 2 fully saturated rings. The molecule has 4 atom stereocenters. The molecule has 0 radical (unpaired) electrons. The van der Waals surface area contributed by atoms with Crippen molar-refractivity contribution in [2.24, 2.45) is 5.92 Å². The van der Waals surface area contributed by atoms with Gasteiger partial charge in [0.25, 0.3) is 0 Å². The molecule has 2 bridgehead atoms. The largest absolute Gasteiger partial charge is 0.504 e. The highest BCUT2D eigenvalue weighted by Gasteiger charge is 2.49. The van der Waals surface area contributed by atoms with Crippen molar-refractivity contribution in [1.82, 2.24) is 4.90 Å². The molecule has 1 aromatic rings. The van der Waals surface area contributed by atoms with Gasteiger partial charge in [0.1, 0.15) is 0 Å². The van der Waals surface area contributed by atoms with Crippen LogP contribution in [0.15, 0.2) is 18.2 Å². The lowest BCUT2D eigenvalue weighted by Crippen LogP contribution is -2.49. The first-order valence-corrected chi connectivity index (χ1v) is 7.34. The smallest absolute Gasteiger partial charge is 0.310 e. The van der Waals surface area contributed by atoms with Gasteiger partial charge in [-0.1, -0.05) is 6.07 Å². The molecule has 2 aliphatic rings. The Labute approximate surface area is 124 Å². The maximum atomic E-state index is 12.3. The highest BCUT2D eigenvalue weighted by Crippen LogP contribution is 2.47. The molecule has 0 unspecified atom stereocenters. The third kappa shape index (κ3) is 2.25. The van der Waals surface area contributed by atoms with Gasteiger partial charge in [-0.3, -0.25) is 9.69 Å². The average Bonchev–Trinajstić information content (AvgIpc) is 2.72. The van der Waals surface area contributed by atoms with Crippen molar-refractivity contribution in [2.75, 3.05) is 14.2 Å². The zero-order valence-electron chi connectivity index (χ0n) is 12.3. The van der Waals surface area contributed by atoms with Crippen LogP contribution in [0.25, 0.3) is 0 Å². The fourth-order valence-corrected chi connectivity index (χ4v) is 4.04. The summed E-state index contributed by atoms with van der Waals surface area (Å²) in [6.45, 7) is 0. The van der Waals surface area contributed by atoms with Crippen molar-refractivity contribution in [3.63, 3.8) is 0 Å². The second-order valence-corrected chi connectivity index (χ2v) is 6.10. The first-order chi connectivity index (χ1) is 10.0.